The minimum Gasteiger partial charge on any atom is -0.497 e. The second-order valence-electron chi connectivity index (χ2n) is 6.64. The van der Waals surface area contributed by atoms with Gasteiger partial charge in [-0.3, -0.25) is 4.79 Å². The molecule has 2 unspecified atom stereocenters. The molecule has 0 saturated heterocycles. The maximum Gasteiger partial charge on any atom is 0.227 e. The Hall–Kier alpha value is -1.75. The Morgan fingerprint density at radius 1 is 1.27 bits per heavy atom. The molecule has 0 spiro atoms. The Morgan fingerprint density at radius 2 is 1.95 bits per heavy atom. The van der Waals surface area contributed by atoms with Crippen molar-refractivity contribution in [3.8, 4) is 5.75 Å². The minimum atomic E-state index is 0.0423. The molecule has 3 rings (SSSR count). The summed E-state index contributed by atoms with van der Waals surface area (Å²) < 4.78 is 5.19. The molecule has 0 radical (unpaired) electrons. The van der Waals surface area contributed by atoms with Crippen LogP contribution in [-0.2, 0) is 4.79 Å². The van der Waals surface area contributed by atoms with Crippen LogP contribution in [0.5, 0.6) is 5.75 Å². The SMILES string of the molecule is COc1ccc(N)c(NC(=O)C2CC3CCCC(C2)C3N)c1. The molecule has 1 aromatic rings. The van der Waals surface area contributed by atoms with Gasteiger partial charge in [-0.1, -0.05) is 6.42 Å². The molecule has 2 aliphatic carbocycles. The Labute approximate surface area is 131 Å². The molecule has 2 atom stereocenters. The van der Waals surface area contributed by atoms with Gasteiger partial charge in [-0.2, -0.15) is 0 Å². The van der Waals surface area contributed by atoms with Crippen molar-refractivity contribution in [2.24, 2.45) is 23.5 Å². The van der Waals surface area contributed by atoms with Crippen LogP contribution in [0.15, 0.2) is 18.2 Å². The van der Waals surface area contributed by atoms with Crippen LogP contribution in [0.2, 0.25) is 0 Å². The van der Waals surface area contributed by atoms with E-state index in [1.54, 1.807) is 25.3 Å². The van der Waals surface area contributed by atoms with Gasteiger partial charge in [-0.05, 0) is 49.7 Å². The van der Waals surface area contributed by atoms with Crippen LogP contribution in [0.4, 0.5) is 11.4 Å². The number of amides is 1. The van der Waals surface area contributed by atoms with E-state index in [0.29, 0.717) is 29.0 Å². The minimum absolute atomic E-state index is 0.0423. The third kappa shape index (κ3) is 2.90. The number of anilines is 2. The maximum atomic E-state index is 12.6. The normalized spacial score (nSPS) is 30.6. The molecule has 1 aromatic carbocycles. The number of fused-ring (bicyclic) bond motifs is 2. The molecule has 120 valence electrons. The van der Waals surface area contributed by atoms with E-state index >= 15 is 0 Å². The van der Waals surface area contributed by atoms with Gasteiger partial charge in [0.2, 0.25) is 5.91 Å². The van der Waals surface area contributed by atoms with Crippen LogP contribution < -0.4 is 21.5 Å². The lowest BCUT2D eigenvalue weighted by Crippen LogP contribution is -2.48. The average Bonchev–Trinajstić information content (AvgIpc) is 2.49. The third-order valence-electron chi connectivity index (χ3n) is 5.30. The quantitative estimate of drug-likeness (QED) is 0.748. The van der Waals surface area contributed by atoms with Crippen LogP contribution in [0.3, 0.4) is 0 Å². The van der Waals surface area contributed by atoms with Gasteiger partial charge in [-0.25, -0.2) is 0 Å². The number of carbonyl (C=O) groups excluding carboxylic acids is 1. The fourth-order valence-electron chi connectivity index (χ4n) is 4.01. The number of nitrogens with one attached hydrogen (secondary N) is 1. The van der Waals surface area contributed by atoms with Crippen molar-refractivity contribution < 1.29 is 9.53 Å². The van der Waals surface area contributed by atoms with Gasteiger partial charge < -0.3 is 21.5 Å². The summed E-state index contributed by atoms with van der Waals surface area (Å²) in [6.07, 6.45) is 5.35. The summed E-state index contributed by atoms with van der Waals surface area (Å²) in [7, 11) is 1.60. The predicted molar refractivity (Wildman–Crippen MR) is 87.6 cm³/mol. The van der Waals surface area contributed by atoms with Crippen molar-refractivity contribution in [1.29, 1.82) is 0 Å². The van der Waals surface area contributed by atoms with E-state index in [1.807, 2.05) is 0 Å². The summed E-state index contributed by atoms with van der Waals surface area (Å²) in [6, 6.07) is 5.58. The summed E-state index contributed by atoms with van der Waals surface area (Å²) in [5, 5.41) is 2.97. The number of carbonyl (C=O) groups is 1. The van der Waals surface area contributed by atoms with Crippen LogP contribution in [0.1, 0.15) is 32.1 Å². The second-order valence-corrected chi connectivity index (χ2v) is 6.64. The number of ether oxygens (including phenoxy) is 1. The Morgan fingerprint density at radius 3 is 2.59 bits per heavy atom. The fraction of sp³-hybridized carbons (Fsp3) is 0.588. The second kappa shape index (κ2) is 6.16. The molecular formula is C17H25N3O2. The van der Waals surface area contributed by atoms with Crippen molar-refractivity contribution in [2.75, 3.05) is 18.2 Å². The number of rotatable bonds is 3. The highest BCUT2D eigenvalue weighted by atomic mass is 16.5. The van der Waals surface area contributed by atoms with Gasteiger partial charge in [0, 0.05) is 18.0 Å². The summed E-state index contributed by atoms with van der Waals surface area (Å²) in [4.78, 5) is 12.6. The molecule has 2 aliphatic rings. The first-order valence-electron chi connectivity index (χ1n) is 8.08. The number of nitrogens with two attached hydrogens (primary N) is 2. The molecule has 1 amide bonds. The Bertz CT molecular complexity index is 547. The molecule has 2 bridgehead atoms. The molecular weight excluding hydrogens is 278 g/mol. The predicted octanol–water partition coefficient (Wildman–Crippen LogP) is 2.37. The lowest BCUT2D eigenvalue weighted by atomic mass is 9.65. The van der Waals surface area contributed by atoms with E-state index in [2.05, 4.69) is 5.32 Å². The lowest BCUT2D eigenvalue weighted by Gasteiger charge is -2.43. The first-order chi connectivity index (χ1) is 10.6. The largest absolute Gasteiger partial charge is 0.497 e. The monoisotopic (exact) mass is 303 g/mol. The van der Waals surface area contributed by atoms with Crippen molar-refractivity contribution in [3.05, 3.63) is 18.2 Å². The zero-order chi connectivity index (χ0) is 15.7. The van der Waals surface area contributed by atoms with Gasteiger partial charge in [0.1, 0.15) is 5.75 Å². The van der Waals surface area contributed by atoms with Gasteiger partial charge in [0.25, 0.3) is 0 Å². The summed E-state index contributed by atoms with van der Waals surface area (Å²) in [5.74, 6) is 1.77. The molecule has 0 aliphatic heterocycles. The first-order valence-corrected chi connectivity index (χ1v) is 8.08. The van der Waals surface area contributed by atoms with Crippen molar-refractivity contribution in [3.63, 3.8) is 0 Å². The van der Waals surface area contributed by atoms with Crippen molar-refractivity contribution >= 4 is 17.3 Å². The van der Waals surface area contributed by atoms with E-state index < -0.39 is 0 Å². The smallest absolute Gasteiger partial charge is 0.227 e. The number of nitrogen functional groups attached to an aromatic ring is 1. The molecule has 5 N–H and O–H groups in total. The number of methoxy groups -OCH3 is 1. The van der Waals surface area contributed by atoms with Crippen LogP contribution >= 0.6 is 0 Å². The van der Waals surface area contributed by atoms with Gasteiger partial charge >= 0.3 is 0 Å². The van der Waals surface area contributed by atoms with E-state index in [1.165, 1.54) is 6.42 Å². The van der Waals surface area contributed by atoms with Crippen LogP contribution in [0.25, 0.3) is 0 Å². The number of hydrogen-bond donors (Lipinski definition) is 3. The van der Waals surface area contributed by atoms with E-state index in [4.69, 9.17) is 16.2 Å². The van der Waals surface area contributed by atoms with Crippen molar-refractivity contribution in [2.45, 2.75) is 38.1 Å². The molecule has 5 nitrogen and oxygen atoms in total. The van der Waals surface area contributed by atoms with Crippen molar-refractivity contribution in [1.82, 2.24) is 0 Å². The van der Waals surface area contributed by atoms with E-state index in [-0.39, 0.29) is 17.9 Å². The number of benzene rings is 1. The summed E-state index contributed by atoms with van der Waals surface area (Å²) in [5.41, 5.74) is 13.4. The maximum absolute atomic E-state index is 12.6. The highest BCUT2D eigenvalue weighted by molar-refractivity contribution is 5.95. The molecule has 2 saturated carbocycles. The first kappa shape index (κ1) is 15.2. The van der Waals surface area contributed by atoms with Gasteiger partial charge in [0.05, 0.1) is 18.5 Å². The third-order valence-corrected chi connectivity index (χ3v) is 5.30. The number of hydrogen-bond acceptors (Lipinski definition) is 4. The molecule has 22 heavy (non-hydrogen) atoms. The summed E-state index contributed by atoms with van der Waals surface area (Å²) in [6.45, 7) is 0. The van der Waals surface area contributed by atoms with Gasteiger partial charge in [0.15, 0.2) is 0 Å². The highest BCUT2D eigenvalue weighted by Crippen LogP contribution is 2.42. The molecule has 2 fully saturated rings. The van der Waals surface area contributed by atoms with Crippen LogP contribution in [0, 0.1) is 17.8 Å². The fourth-order valence-corrected chi connectivity index (χ4v) is 4.01. The standard InChI is InChI=1S/C17H25N3O2/c1-22-13-5-6-14(18)15(9-13)20-17(21)12-7-10-3-2-4-11(8-12)16(10)19/h5-6,9-12,16H,2-4,7-8,18-19H2,1H3,(H,20,21). The van der Waals surface area contributed by atoms with Gasteiger partial charge in [-0.15, -0.1) is 0 Å². The lowest BCUT2D eigenvalue weighted by molar-refractivity contribution is -0.122. The topological polar surface area (TPSA) is 90.4 Å². The zero-order valence-corrected chi connectivity index (χ0v) is 13.0. The zero-order valence-electron chi connectivity index (χ0n) is 13.0. The molecule has 0 aromatic heterocycles. The summed E-state index contributed by atoms with van der Waals surface area (Å²) >= 11 is 0. The van der Waals surface area contributed by atoms with Crippen LogP contribution in [-0.4, -0.2) is 19.1 Å². The molecule has 0 heterocycles. The average molecular weight is 303 g/mol. The Balaban J connectivity index is 1.70. The van der Waals surface area contributed by atoms with E-state index in [0.717, 1.165) is 25.7 Å². The molecule has 5 heteroatoms. The highest BCUT2D eigenvalue weighted by Gasteiger charge is 2.40. The van der Waals surface area contributed by atoms with E-state index in [9.17, 15) is 4.79 Å². The Kier molecular flexibility index (Phi) is 4.25.